The van der Waals surface area contributed by atoms with E-state index >= 15 is 0 Å². The van der Waals surface area contributed by atoms with E-state index in [0.717, 1.165) is 0 Å². The average molecular weight is 297 g/mol. The second-order valence-electron chi connectivity index (χ2n) is 5.00. The van der Waals surface area contributed by atoms with Gasteiger partial charge in [0.15, 0.2) is 0 Å². The maximum Gasteiger partial charge on any atom is 0.322 e. The van der Waals surface area contributed by atoms with Crippen LogP contribution in [0.5, 0.6) is 0 Å². The number of amides is 1. The van der Waals surface area contributed by atoms with E-state index in [-0.39, 0.29) is 18.5 Å². The Morgan fingerprint density at radius 2 is 2.00 bits per heavy atom. The number of aromatic nitrogens is 2. The second-order valence-corrected chi connectivity index (χ2v) is 5.00. The van der Waals surface area contributed by atoms with Gasteiger partial charge in [0, 0.05) is 33.1 Å². The summed E-state index contributed by atoms with van der Waals surface area (Å²) in [5.74, 6) is -0.659. The minimum atomic E-state index is -0.826. The minimum absolute atomic E-state index is 0.0932. The number of rotatable bonds is 5. The van der Waals surface area contributed by atoms with Gasteiger partial charge in [0.2, 0.25) is 11.8 Å². The summed E-state index contributed by atoms with van der Waals surface area (Å²) in [5, 5.41) is 18.8. The molecular formula is C12H19N5O4. The Kier molecular flexibility index (Phi) is 4.86. The molecule has 2 heterocycles. The van der Waals surface area contributed by atoms with Gasteiger partial charge in [0.05, 0.1) is 6.54 Å². The lowest BCUT2D eigenvalue weighted by molar-refractivity contribution is -0.143. The lowest BCUT2D eigenvalue weighted by atomic mass is 10.2. The molecule has 0 aliphatic carbocycles. The Bertz CT molecular complexity index is 510. The topological polar surface area (TPSA) is 112 Å². The summed E-state index contributed by atoms with van der Waals surface area (Å²) in [5.41, 5.74) is 0. The van der Waals surface area contributed by atoms with Crippen molar-refractivity contribution >= 4 is 17.9 Å². The van der Waals surface area contributed by atoms with E-state index in [9.17, 15) is 9.59 Å². The van der Waals surface area contributed by atoms with Gasteiger partial charge < -0.3 is 9.52 Å². The highest BCUT2D eigenvalue weighted by atomic mass is 16.4. The van der Waals surface area contributed by atoms with Crippen molar-refractivity contribution in [1.82, 2.24) is 20.0 Å². The van der Waals surface area contributed by atoms with Gasteiger partial charge in [-0.3, -0.25) is 24.7 Å². The number of hydrogen-bond acceptors (Lipinski definition) is 7. The van der Waals surface area contributed by atoms with E-state index in [1.54, 1.807) is 13.8 Å². The smallest absolute Gasteiger partial charge is 0.322 e. The molecule has 0 radical (unpaired) electrons. The summed E-state index contributed by atoms with van der Waals surface area (Å²) < 4.78 is 5.07. The molecule has 1 unspecified atom stereocenters. The standard InChI is InChI=1S/C12H19N5O4/c1-8(11(19)20)17-5-3-16(4-6-17)7-10(18)13-12-15-14-9(2)21-12/h8H,3-7H2,1-2H3,(H,19,20)(H,13,15,18). The molecule has 2 N–H and O–H groups in total. The lowest BCUT2D eigenvalue weighted by Gasteiger charge is -2.36. The van der Waals surface area contributed by atoms with Crippen LogP contribution in [0.3, 0.4) is 0 Å². The molecule has 2 rings (SSSR count). The summed E-state index contributed by atoms with van der Waals surface area (Å²) in [6.45, 7) is 6.08. The highest BCUT2D eigenvalue weighted by Gasteiger charge is 2.26. The Hall–Kier alpha value is -2.00. The molecule has 0 bridgehead atoms. The number of anilines is 1. The molecule has 9 nitrogen and oxygen atoms in total. The van der Waals surface area contributed by atoms with Gasteiger partial charge >= 0.3 is 12.0 Å². The van der Waals surface area contributed by atoms with Gasteiger partial charge in [-0.15, -0.1) is 5.10 Å². The molecule has 1 fully saturated rings. The number of aliphatic carboxylic acids is 1. The third-order valence-electron chi connectivity index (χ3n) is 3.45. The van der Waals surface area contributed by atoms with Crippen molar-refractivity contribution in [3.05, 3.63) is 5.89 Å². The number of carboxylic acids is 1. The average Bonchev–Trinajstić information content (AvgIpc) is 2.83. The van der Waals surface area contributed by atoms with Crippen LogP contribution in [0.25, 0.3) is 0 Å². The molecule has 0 aromatic carbocycles. The van der Waals surface area contributed by atoms with Crippen LogP contribution in [0.15, 0.2) is 4.42 Å². The van der Waals surface area contributed by atoms with Crippen LogP contribution >= 0.6 is 0 Å². The van der Waals surface area contributed by atoms with Crippen molar-refractivity contribution in [2.45, 2.75) is 19.9 Å². The van der Waals surface area contributed by atoms with Crippen LogP contribution < -0.4 is 5.32 Å². The summed E-state index contributed by atoms with van der Waals surface area (Å²) in [6.07, 6.45) is 0. The highest BCUT2D eigenvalue weighted by molar-refractivity contribution is 5.90. The first kappa shape index (κ1) is 15.4. The second kappa shape index (κ2) is 6.64. The van der Waals surface area contributed by atoms with Crippen LogP contribution in [0.1, 0.15) is 12.8 Å². The zero-order valence-corrected chi connectivity index (χ0v) is 12.1. The van der Waals surface area contributed by atoms with Gasteiger partial charge in [0.1, 0.15) is 6.04 Å². The summed E-state index contributed by atoms with van der Waals surface area (Å²) in [4.78, 5) is 26.6. The molecule has 21 heavy (non-hydrogen) atoms. The fourth-order valence-electron chi connectivity index (χ4n) is 2.17. The highest BCUT2D eigenvalue weighted by Crippen LogP contribution is 2.08. The van der Waals surface area contributed by atoms with E-state index in [1.807, 2.05) is 9.80 Å². The first-order chi connectivity index (χ1) is 9.95. The number of piperazine rings is 1. The molecule has 1 atom stereocenters. The monoisotopic (exact) mass is 297 g/mol. The number of carbonyl (C=O) groups is 2. The van der Waals surface area contributed by atoms with Gasteiger partial charge in [0.25, 0.3) is 0 Å². The molecular weight excluding hydrogens is 278 g/mol. The van der Waals surface area contributed by atoms with E-state index in [0.29, 0.717) is 32.1 Å². The number of carboxylic acid groups (broad SMARTS) is 1. The van der Waals surface area contributed by atoms with Crippen LogP contribution in [-0.4, -0.2) is 75.7 Å². The predicted octanol–water partition coefficient (Wildman–Crippen LogP) is -0.593. The molecule has 1 aromatic heterocycles. The molecule has 0 spiro atoms. The Balaban J connectivity index is 1.75. The molecule has 0 saturated carbocycles. The lowest BCUT2D eigenvalue weighted by Crippen LogP contribution is -2.52. The SMILES string of the molecule is Cc1nnc(NC(=O)CN2CCN(C(C)C(=O)O)CC2)o1. The number of nitrogens with zero attached hydrogens (tertiary/aromatic N) is 4. The molecule has 1 aliphatic rings. The fourth-order valence-corrected chi connectivity index (χ4v) is 2.17. The Morgan fingerprint density at radius 3 is 2.52 bits per heavy atom. The quantitative estimate of drug-likeness (QED) is 0.741. The maximum atomic E-state index is 11.8. The van der Waals surface area contributed by atoms with Crippen LogP contribution in [-0.2, 0) is 9.59 Å². The molecule has 116 valence electrons. The molecule has 1 aliphatic heterocycles. The largest absolute Gasteiger partial charge is 0.480 e. The zero-order valence-electron chi connectivity index (χ0n) is 12.1. The summed E-state index contributed by atoms with van der Waals surface area (Å²) in [6, 6.07) is -0.405. The Labute approximate surface area is 121 Å². The van der Waals surface area contributed by atoms with Crippen molar-refractivity contribution in [3.63, 3.8) is 0 Å². The molecule has 1 amide bonds. The Morgan fingerprint density at radius 1 is 1.33 bits per heavy atom. The summed E-state index contributed by atoms with van der Waals surface area (Å²) in [7, 11) is 0. The number of nitrogens with one attached hydrogen (secondary N) is 1. The van der Waals surface area contributed by atoms with Gasteiger partial charge in [-0.1, -0.05) is 5.10 Å². The van der Waals surface area contributed by atoms with Crippen molar-refractivity contribution in [2.24, 2.45) is 0 Å². The van der Waals surface area contributed by atoms with Crippen molar-refractivity contribution < 1.29 is 19.1 Å². The van der Waals surface area contributed by atoms with E-state index < -0.39 is 12.0 Å². The number of aryl methyl sites for hydroxylation is 1. The van der Waals surface area contributed by atoms with E-state index in [4.69, 9.17) is 9.52 Å². The van der Waals surface area contributed by atoms with Crippen molar-refractivity contribution in [2.75, 3.05) is 38.0 Å². The third kappa shape index (κ3) is 4.23. The third-order valence-corrected chi connectivity index (χ3v) is 3.45. The maximum absolute atomic E-state index is 11.8. The normalized spacial score (nSPS) is 18.4. The van der Waals surface area contributed by atoms with Gasteiger partial charge in [-0.2, -0.15) is 0 Å². The molecule has 1 aromatic rings. The zero-order chi connectivity index (χ0) is 15.4. The first-order valence-corrected chi connectivity index (χ1v) is 6.75. The van der Waals surface area contributed by atoms with E-state index in [2.05, 4.69) is 15.5 Å². The minimum Gasteiger partial charge on any atom is -0.480 e. The number of hydrogen-bond donors (Lipinski definition) is 2. The first-order valence-electron chi connectivity index (χ1n) is 6.75. The van der Waals surface area contributed by atoms with Gasteiger partial charge in [-0.05, 0) is 6.92 Å². The predicted molar refractivity (Wildman–Crippen MR) is 72.8 cm³/mol. The van der Waals surface area contributed by atoms with Crippen molar-refractivity contribution in [3.8, 4) is 0 Å². The number of carbonyl (C=O) groups excluding carboxylic acids is 1. The molecule has 1 saturated heterocycles. The van der Waals surface area contributed by atoms with Crippen LogP contribution in [0.4, 0.5) is 6.01 Å². The summed E-state index contributed by atoms with van der Waals surface area (Å²) >= 11 is 0. The van der Waals surface area contributed by atoms with E-state index in [1.165, 1.54) is 0 Å². The van der Waals surface area contributed by atoms with Gasteiger partial charge in [-0.25, -0.2) is 0 Å². The molecule has 9 heteroatoms. The van der Waals surface area contributed by atoms with Crippen LogP contribution in [0.2, 0.25) is 0 Å². The van der Waals surface area contributed by atoms with Crippen molar-refractivity contribution in [1.29, 1.82) is 0 Å². The van der Waals surface area contributed by atoms with Crippen LogP contribution in [0, 0.1) is 6.92 Å². The fraction of sp³-hybridized carbons (Fsp3) is 0.667.